The third-order valence-electron chi connectivity index (χ3n) is 5.36. The summed E-state index contributed by atoms with van der Waals surface area (Å²) in [7, 11) is 1.68. The number of hydrogen-bond acceptors (Lipinski definition) is 4. The summed E-state index contributed by atoms with van der Waals surface area (Å²) in [5.74, 6) is 1.85. The van der Waals surface area contributed by atoms with E-state index in [2.05, 4.69) is 15.1 Å². The highest BCUT2D eigenvalue weighted by atomic mass is 16.2. The number of imidazole rings is 1. The van der Waals surface area contributed by atoms with Crippen LogP contribution in [-0.4, -0.2) is 48.2 Å². The van der Waals surface area contributed by atoms with Crippen molar-refractivity contribution in [1.29, 1.82) is 0 Å². The van der Waals surface area contributed by atoms with Gasteiger partial charge in [-0.1, -0.05) is 6.07 Å². The lowest BCUT2D eigenvalue weighted by molar-refractivity contribution is 0.0712. The van der Waals surface area contributed by atoms with Crippen LogP contribution >= 0.6 is 0 Å². The van der Waals surface area contributed by atoms with E-state index in [4.69, 9.17) is 0 Å². The van der Waals surface area contributed by atoms with E-state index in [1.165, 1.54) is 4.68 Å². The number of aryl methyl sites for hydroxylation is 2. The van der Waals surface area contributed by atoms with Crippen LogP contribution in [0.15, 0.2) is 23.0 Å². The zero-order valence-electron chi connectivity index (χ0n) is 15.9. The number of aromatic nitrogens is 5. The zero-order chi connectivity index (χ0) is 19.1. The second-order valence-electron chi connectivity index (χ2n) is 7.10. The maximum Gasteiger partial charge on any atom is 0.345 e. The van der Waals surface area contributed by atoms with E-state index < -0.39 is 0 Å². The van der Waals surface area contributed by atoms with E-state index >= 15 is 0 Å². The number of piperidine rings is 1. The smallest absolute Gasteiger partial charge is 0.342 e. The molecule has 27 heavy (non-hydrogen) atoms. The van der Waals surface area contributed by atoms with Gasteiger partial charge >= 0.3 is 5.69 Å². The average Bonchev–Trinajstić information content (AvgIpc) is 3.19. The van der Waals surface area contributed by atoms with Crippen molar-refractivity contribution in [3.05, 3.63) is 45.9 Å². The molecule has 0 aliphatic carbocycles. The van der Waals surface area contributed by atoms with Crippen LogP contribution in [0.25, 0.3) is 11.0 Å². The Balaban J connectivity index is 1.53. The molecule has 1 N–H and O–H groups in total. The van der Waals surface area contributed by atoms with Gasteiger partial charge in [0.1, 0.15) is 17.2 Å². The molecule has 0 saturated carbocycles. The number of carbonyl (C=O) groups excluding carboxylic acids is 1. The molecule has 0 radical (unpaired) electrons. The molecule has 8 nitrogen and oxygen atoms in total. The molecule has 1 aliphatic heterocycles. The summed E-state index contributed by atoms with van der Waals surface area (Å²) >= 11 is 0. The summed E-state index contributed by atoms with van der Waals surface area (Å²) in [5.41, 5.74) is 2.17. The molecule has 2 aromatic heterocycles. The largest absolute Gasteiger partial charge is 0.345 e. The summed E-state index contributed by atoms with van der Waals surface area (Å²) < 4.78 is 3.13. The van der Waals surface area contributed by atoms with E-state index in [0.29, 0.717) is 25.2 Å². The number of amides is 1. The summed E-state index contributed by atoms with van der Waals surface area (Å²) in [6.07, 6.45) is 1.61. The number of para-hydroxylation sites is 1. The minimum Gasteiger partial charge on any atom is -0.342 e. The van der Waals surface area contributed by atoms with Crippen LogP contribution < -0.4 is 5.69 Å². The van der Waals surface area contributed by atoms with Gasteiger partial charge in [-0.15, -0.1) is 0 Å². The second kappa shape index (κ2) is 6.68. The third kappa shape index (κ3) is 2.94. The SMILES string of the molecule is CCn1c(C2CCN(C(=O)c3cccc4[nH]c(C)nc34)CC2)nn(C)c1=O. The fourth-order valence-electron chi connectivity index (χ4n) is 3.96. The van der Waals surface area contributed by atoms with Gasteiger partial charge in [0.15, 0.2) is 0 Å². The van der Waals surface area contributed by atoms with Crippen molar-refractivity contribution in [2.45, 2.75) is 39.2 Å². The monoisotopic (exact) mass is 368 g/mol. The first-order valence-corrected chi connectivity index (χ1v) is 9.38. The first kappa shape index (κ1) is 17.5. The Hall–Kier alpha value is -2.90. The van der Waals surface area contributed by atoms with Gasteiger partial charge in [-0.05, 0) is 38.8 Å². The van der Waals surface area contributed by atoms with E-state index in [-0.39, 0.29) is 17.5 Å². The molecule has 0 atom stereocenters. The molecule has 1 amide bonds. The number of nitrogens with zero attached hydrogens (tertiary/aromatic N) is 5. The lowest BCUT2D eigenvalue weighted by Gasteiger charge is -2.31. The Morgan fingerprint density at radius 3 is 2.74 bits per heavy atom. The predicted octanol–water partition coefficient (Wildman–Crippen LogP) is 1.81. The fraction of sp³-hybridized carbons (Fsp3) is 0.474. The van der Waals surface area contributed by atoms with Crippen LogP contribution in [0.3, 0.4) is 0 Å². The maximum atomic E-state index is 13.0. The molecular weight excluding hydrogens is 344 g/mol. The number of hydrogen-bond donors (Lipinski definition) is 1. The van der Waals surface area contributed by atoms with E-state index in [1.54, 1.807) is 11.6 Å². The predicted molar refractivity (Wildman–Crippen MR) is 102 cm³/mol. The van der Waals surface area contributed by atoms with Gasteiger partial charge in [-0.3, -0.25) is 9.36 Å². The van der Waals surface area contributed by atoms with Crippen molar-refractivity contribution in [3.8, 4) is 0 Å². The van der Waals surface area contributed by atoms with Crippen LogP contribution in [0, 0.1) is 6.92 Å². The third-order valence-corrected chi connectivity index (χ3v) is 5.36. The van der Waals surface area contributed by atoms with E-state index in [0.717, 1.165) is 35.5 Å². The highest BCUT2D eigenvalue weighted by Crippen LogP contribution is 2.28. The van der Waals surface area contributed by atoms with Gasteiger partial charge in [0.25, 0.3) is 5.91 Å². The Bertz CT molecular complexity index is 1050. The summed E-state index contributed by atoms with van der Waals surface area (Å²) in [6.45, 7) is 5.76. The van der Waals surface area contributed by atoms with E-state index in [9.17, 15) is 9.59 Å². The normalized spacial score (nSPS) is 15.6. The standard InChI is InChI=1S/C19H24N6O2/c1-4-25-17(22-23(3)19(25)27)13-8-10-24(11-9-13)18(26)14-6-5-7-15-16(14)21-12(2)20-15/h5-7,13H,4,8-11H2,1-3H3,(H,20,21). The molecule has 3 heterocycles. The second-order valence-corrected chi connectivity index (χ2v) is 7.10. The minimum atomic E-state index is -0.0772. The first-order chi connectivity index (χ1) is 13.0. The summed E-state index contributed by atoms with van der Waals surface area (Å²) in [4.78, 5) is 34.7. The fourth-order valence-corrected chi connectivity index (χ4v) is 3.96. The number of aromatic amines is 1. The number of H-pyrrole nitrogens is 1. The maximum absolute atomic E-state index is 13.0. The van der Waals surface area contributed by atoms with Crippen molar-refractivity contribution in [2.75, 3.05) is 13.1 Å². The van der Waals surface area contributed by atoms with Gasteiger partial charge < -0.3 is 9.88 Å². The quantitative estimate of drug-likeness (QED) is 0.763. The molecule has 142 valence electrons. The van der Waals surface area contributed by atoms with Gasteiger partial charge in [-0.25, -0.2) is 14.5 Å². The molecule has 0 unspecified atom stereocenters. The van der Waals surface area contributed by atoms with Crippen LogP contribution in [0.4, 0.5) is 0 Å². The van der Waals surface area contributed by atoms with Gasteiger partial charge in [0, 0.05) is 32.6 Å². The molecule has 8 heteroatoms. The zero-order valence-corrected chi connectivity index (χ0v) is 15.9. The molecule has 1 saturated heterocycles. The lowest BCUT2D eigenvalue weighted by Crippen LogP contribution is -2.38. The Morgan fingerprint density at radius 1 is 1.30 bits per heavy atom. The first-order valence-electron chi connectivity index (χ1n) is 9.38. The minimum absolute atomic E-state index is 0.0134. The van der Waals surface area contributed by atoms with E-state index in [1.807, 2.05) is 36.9 Å². The van der Waals surface area contributed by atoms with Gasteiger partial charge in [0.05, 0.1) is 11.1 Å². The van der Waals surface area contributed by atoms with Crippen molar-refractivity contribution in [2.24, 2.45) is 7.05 Å². The lowest BCUT2D eigenvalue weighted by atomic mass is 9.95. The van der Waals surface area contributed by atoms with Gasteiger partial charge in [0.2, 0.25) is 0 Å². The molecular formula is C19H24N6O2. The molecule has 0 spiro atoms. The van der Waals surface area contributed by atoms with Crippen LogP contribution in [0.2, 0.25) is 0 Å². The van der Waals surface area contributed by atoms with Crippen molar-refractivity contribution >= 4 is 16.9 Å². The number of carbonyl (C=O) groups is 1. The number of likely N-dealkylation sites (tertiary alicyclic amines) is 1. The van der Waals surface area contributed by atoms with Crippen molar-refractivity contribution in [3.63, 3.8) is 0 Å². The van der Waals surface area contributed by atoms with Crippen LogP contribution in [0.5, 0.6) is 0 Å². The highest BCUT2D eigenvalue weighted by Gasteiger charge is 2.29. The molecule has 1 aromatic carbocycles. The highest BCUT2D eigenvalue weighted by molar-refractivity contribution is 6.04. The topological polar surface area (TPSA) is 88.8 Å². The summed E-state index contributed by atoms with van der Waals surface area (Å²) in [6, 6.07) is 5.65. The molecule has 3 aromatic rings. The van der Waals surface area contributed by atoms with Gasteiger partial charge in [-0.2, -0.15) is 5.10 Å². The van der Waals surface area contributed by atoms with Crippen molar-refractivity contribution < 1.29 is 4.79 Å². The Kier molecular flexibility index (Phi) is 4.33. The van der Waals surface area contributed by atoms with Crippen molar-refractivity contribution in [1.82, 2.24) is 29.2 Å². The van der Waals surface area contributed by atoms with Crippen LogP contribution in [-0.2, 0) is 13.6 Å². The molecule has 1 fully saturated rings. The van der Waals surface area contributed by atoms with Crippen LogP contribution in [0.1, 0.15) is 47.7 Å². The average molecular weight is 368 g/mol. The summed E-state index contributed by atoms with van der Waals surface area (Å²) in [5, 5.41) is 4.43. The Labute approximate surface area is 156 Å². The molecule has 4 rings (SSSR count). The number of nitrogens with one attached hydrogen (secondary N) is 1. The number of benzene rings is 1. The molecule has 0 bridgehead atoms. The number of fused-ring (bicyclic) bond motifs is 1. The molecule has 1 aliphatic rings. The number of rotatable bonds is 3. The Morgan fingerprint density at radius 2 is 2.04 bits per heavy atom.